The minimum absolute atomic E-state index is 0.0986. The summed E-state index contributed by atoms with van der Waals surface area (Å²) >= 11 is 0. The number of carbonyl (C=O) groups is 1. The molecule has 4 aliphatic heterocycles. The summed E-state index contributed by atoms with van der Waals surface area (Å²) in [5.41, 5.74) is 4.34. The summed E-state index contributed by atoms with van der Waals surface area (Å²) in [6.45, 7) is 11.6. The first-order valence-electron chi connectivity index (χ1n) is 19.0. The number of likely N-dealkylation sites (N-methyl/N-ethyl adjacent to an activating group) is 1. The fourth-order valence-corrected chi connectivity index (χ4v) is 8.50. The number of rotatable bonds is 12. The van der Waals surface area contributed by atoms with Gasteiger partial charge in [-0.15, -0.1) is 0 Å². The van der Waals surface area contributed by atoms with Crippen LogP contribution in [0.15, 0.2) is 36.4 Å². The Kier molecular flexibility index (Phi) is 10.9. The summed E-state index contributed by atoms with van der Waals surface area (Å²) in [7, 11) is 3.83. The number of hydrogen-bond acceptors (Lipinski definition) is 10. The first kappa shape index (κ1) is 35.7. The van der Waals surface area contributed by atoms with Crippen molar-refractivity contribution in [1.82, 2.24) is 19.8 Å². The van der Waals surface area contributed by atoms with E-state index in [1.54, 1.807) is 7.11 Å². The van der Waals surface area contributed by atoms with Crippen LogP contribution in [0, 0.1) is 0 Å². The quantitative estimate of drug-likeness (QED) is 0.161. The second kappa shape index (κ2) is 15.5. The molecule has 1 amide bonds. The summed E-state index contributed by atoms with van der Waals surface area (Å²) in [6, 6.07) is 14.4. The van der Waals surface area contributed by atoms with Crippen molar-refractivity contribution in [2.45, 2.75) is 102 Å². The highest BCUT2D eigenvalue weighted by molar-refractivity contribution is 5.97. The number of ether oxygens (including phenoxy) is 4. The molecule has 3 aromatic rings. The monoisotopic (exact) mass is 700 g/mol. The zero-order valence-corrected chi connectivity index (χ0v) is 31.2. The molecule has 0 radical (unpaired) electrons. The highest BCUT2D eigenvalue weighted by Gasteiger charge is 2.45. The Bertz CT molecular complexity index is 1660. The summed E-state index contributed by atoms with van der Waals surface area (Å²) in [4.78, 5) is 32.8. The third kappa shape index (κ3) is 8.05. The Morgan fingerprint density at radius 1 is 0.961 bits per heavy atom. The molecule has 0 spiro atoms. The molecule has 3 fully saturated rings. The van der Waals surface area contributed by atoms with Crippen LogP contribution in [0.1, 0.15) is 76.1 Å². The molecule has 7 rings (SSSR count). The van der Waals surface area contributed by atoms with Crippen LogP contribution in [0.2, 0.25) is 0 Å². The normalized spacial score (nSPS) is 22.1. The second-order valence-corrected chi connectivity index (χ2v) is 15.8. The molecule has 0 unspecified atom stereocenters. The highest BCUT2D eigenvalue weighted by atomic mass is 16.7. The maximum atomic E-state index is 13.3. The lowest BCUT2D eigenvalue weighted by Crippen LogP contribution is -2.57. The average molecular weight is 701 g/mol. The van der Waals surface area contributed by atoms with E-state index in [0.717, 1.165) is 82.6 Å². The Labute approximate surface area is 303 Å². The van der Waals surface area contributed by atoms with E-state index in [0.29, 0.717) is 38.6 Å². The minimum Gasteiger partial charge on any atom is -0.462 e. The van der Waals surface area contributed by atoms with Crippen LogP contribution >= 0.6 is 0 Å². The van der Waals surface area contributed by atoms with Crippen LogP contribution in [0.3, 0.4) is 0 Å². The number of likely N-dealkylation sites (tertiary alicyclic amines) is 1. The van der Waals surface area contributed by atoms with E-state index in [9.17, 15) is 4.79 Å². The molecule has 2 aromatic carbocycles. The predicted octanol–water partition coefficient (Wildman–Crippen LogP) is 6.20. The Morgan fingerprint density at radius 2 is 1.75 bits per heavy atom. The lowest BCUT2D eigenvalue weighted by molar-refractivity contribution is -0.0314. The molecular weight excluding hydrogens is 644 g/mol. The van der Waals surface area contributed by atoms with Gasteiger partial charge in [0.2, 0.25) is 0 Å². The van der Waals surface area contributed by atoms with Gasteiger partial charge in [0.15, 0.2) is 0 Å². The van der Waals surface area contributed by atoms with Crippen LogP contribution in [-0.4, -0.2) is 110 Å². The number of methoxy groups -OCH3 is 1. The first-order valence-corrected chi connectivity index (χ1v) is 19.0. The molecule has 276 valence electrons. The SMILES string of the molecule is COCOCCCCc1cccc2cccc(N3CCc4c(nc(OC[C@@H]5CCCN5C)nc4N4C[C@H]5CC[C@@H](C4)N5C(=O)OC(C)(C)C)C3)c12. The van der Waals surface area contributed by atoms with Crippen molar-refractivity contribution < 1.29 is 23.7 Å². The molecule has 0 N–H and O–H groups in total. The molecule has 3 atom stereocenters. The summed E-state index contributed by atoms with van der Waals surface area (Å²) in [5.74, 6) is 0.976. The van der Waals surface area contributed by atoms with Gasteiger partial charge in [0.05, 0.1) is 24.3 Å². The van der Waals surface area contributed by atoms with Crippen LogP contribution in [0.25, 0.3) is 10.8 Å². The van der Waals surface area contributed by atoms with Crippen molar-refractivity contribution in [1.29, 1.82) is 0 Å². The van der Waals surface area contributed by atoms with Crippen molar-refractivity contribution in [2.75, 3.05) is 70.1 Å². The molecule has 3 saturated heterocycles. The Balaban J connectivity index is 1.15. The number of hydrogen-bond donors (Lipinski definition) is 0. The van der Waals surface area contributed by atoms with E-state index >= 15 is 0 Å². The van der Waals surface area contributed by atoms with Gasteiger partial charge in [-0.1, -0.05) is 30.3 Å². The molecule has 0 saturated carbocycles. The van der Waals surface area contributed by atoms with Crippen LogP contribution in [0.4, 0.5) is 16.3 Å². The predicted molar refractivity (Wildman–Crippen MR) is 200 cm³/mol. The van der Waals surface area contributed by atoms with Gasteiger partial charge < -0.3 is 33.6 Å². The smallest absolute Gasteiger partial charge is 0.410 e. The number of nitrogens with zero attached hydrogens (tertiary/aromatic N) is 6. The number of aryl methyl sites for hydroxylation is 1. The molecule has 51 heavy (non-hydrogen) atoms. The van der Waals surface area contributed by atoms with E-state index in [4.69, 9.17) is 28.9 Å². The Morgan fingerprint density at radius 3 is 2.47 bits per heavy atom. The van der Waals surface area contributed by atoms with Crippen LogP contribution < -0.4 is 14.5 Å². The van der Waals surface area contributed by atoms with Gasteiger partial charge in [0.25, 0.3) is 0 Å². The van der Waals surface area contributed by atoms with E-state index in [1.807, 2.05) is 25.7 Å². The van der Waals surface area contributed by atoms with Gasteiger partial charge in [0, 0.05) is 56.0 Å². The summed E-state index contributed by atoms with van der Waals surface area (Å²) < 4.78 is 22.8. The number of piperazine rings is 1. The topological polar surface area (TPSA) is 92.7 Å². The van der Waals surface area contributed by atoms with Gasteiger partial charge >= 0.3 is 12.1 Å². The van der Waals surface area contributed by atoms with Gasteiger partial charge in [-0.3, -0.25) is 4.90 Å². The molecule has 11 heteroatoms. The van der Waals surface area contributed by atoms with E-state index in [1.165, 1.54) is 34.0 Å². The van der Waals surface area contributed by atoms with Gasteiger partial charge in [-0.25, -0.2) is 4.79 Å². The van der Waals surface area contributed by atoms with Crippen molar-refractivity contribution in [2.24, 2.45) is 0 Å². The largest absolute Gasteiger partial charge is 0.462 e. The van der Waals surface area contributed by atoms with Crippen molar-refractivity contribution in [3.63, 3.8) is 0 Å². The van der Waals surface area contributed by atoms with E-state index in [2.05, 4.69) is 58.1 Å². The third-order valence-corrected chi connectivity index (χ3v) is 11.0. The minimum atomic E-state index is -0.519. The lowest BCUT2D eigenvalue weighted by Gasteiger charge is -2.43. The second-order valence-electron chi connectivity index (χ2n) is 15.8. The molecule has 11 nitrogen and oxygen atoms in total. The number of fused-ring (bicyclic) bond motifs is 4. The average Bonchev–Trinajstić information content (AvgIpc) is 3.65. The number of carbonyl (C=O) groups excluding carboxylic acids is 1. The van der Waals surface area contributed by atoms with Crippen molar-refractivity contribution in [3.05, 3.63) is 53.2 Å². The zero-order valence-electron chi connectivity index (χ0n) is 31.2. The molecule has 2 bridgehead atoms. The number of unbranched alkanes of at least 4 members (excludes halogenated alkanes) is 1. The van der Waals surface area contributed by atoms with Crippen LogP contribution in [0.5, 0.6) is 6.01 Å². The molecule has 4 aliphatic rings. The van der Waals surface area contributed by atoms with E-state index in [-0.39, 0.29) is 18.2 Å². The van der Waals surface area contributed by atoms with Gasteiger partial charge in [-0.05, 0) is 103 Å². The lowest BCUT2D eigenvalue weighted by atomic mass is 9.96. The van der Waals surface area contributed by atoms with Gasteiger partial charge in [-0.2, -0.15) is 9.97 Å². The Hall–Kier alpha value is -3.67. The number of aromatic nitrogens is 2. The fourth-order valence-electron chi connectivity index (χ4n) is 8.50. The molecule has 5 heterocycles. The fraction of sp³-hybridized carbons (Fsp3) is 0.625. The summed E-state index contributed by atoms with van der Waals surface area (Å²) in [6.07, 6.45) is 7.94. The maximum absolute atomic E-state index is 13.3. The zero-order chi connectivity index (χ0) is 35.5. The number of benzene rings is 2. The van der Waals surface area contributed by atoms with Crippen LogP contribution in [-0.2, 0) is 33.6 Å². The molecular formula is C40H56N6O5. The summed E-state index contributed by atoms with van der Waals surface area (Å²) in [5, 5.41) is 2.59. The van der Waals surface area contributed by atoms with E-state index < -0.39 is 5.60 Å². The van der Waals surface area contributed by atoms with Crippen molar-refractivity contribution >= 4 is 28.4 Å². The maximum Gasteiger partial charge on any atom is 0.410 e. The van der Waals surface area contributed by atoms with Crippen molar-refractivity contribution in [3.8, 4) is 6.01 Å². The highest BCUT2D eigenvalue weighted by Crippen LogP contribution is 2.39. The number of anilines is 2. The van der Waals surface area contributed by atoms with Gasteiger partial charge in [0.1, 0.15) is 24.8 Å². The molecule has 0 aliphatic carbocycles. The standard InChI is InChI=1S/C40H56N6O5/c1-40(2,3)51-39(47)46-30-17-18-31(46)24-45(23-30)37-33-19-21-44(25-34(33)41-38(42-37)50-26-32-15-10-20-43(32)4)35-16-9-14-29-13-8-12-28(36(29)35)11-6-7-22-49-27-48-5/h8-9,12-14,16,30-32H,6-7,10-11,15,17-27H2,1-5H3/t30-,31+,32-/m0/s1. The first-order chi connectivity index (χ1) is 24.7. The number of amides is 1. The molecule has 1 aromatic heterocycles. The third-order valence-electron chi connectivity index (χ3n) is 11.0.